The average Bonchev–Trinajstić information content (AvgIpc) is 2.80. The standard InChI is InChI=1S/C26H37N3O4S/c1-5-7-18-27-26(31)23(6-2)28(19-17-22-14-9-8-10-15-22)25(30)20-29(34(4,32)33)24-16-12-11-13-21(24)3/h8-16,23H,5-7,17-20H2,1-4H3,(H,27,31)/t23-/m0/s1. The van der Waals surface area contributed by atoms with E-state index in [-0.39, 0.29) is 12.5 Å². The van der Waals surface area contributed by atoms with Crippen LogP contribution < -0.4 is 9.62 Å². The number of amides is 2. The number of anilines is 1. The van der Waals surface area contributed by atoms with Gasteiger partial charge in [0.2, 0.25) is 21.8 Å². The molecule has 0 aliphatic carbocycles. The van der Waals surface area contributed by atoms with Crippen molar-refractivity contribution in [3.63, 3.8) is 0 Å². The van der Waals surface area contributed by atoms with Crippen LogP contribution in [0, 0.1) is 6.92 Å². The third-order valence-electron chi connectivity index (χ3n) is 5.76. The number of para-hydroxylation sites is 1. The van der Waals surface area contributed by atoms with Crippen LogP contribution in [0.3, 0.4) is 0 Å². The Morgan fingerprint density at radius 3 is 2.24 bits per heavy atom. The monoisotopic (exact) mass is 487 g/mol. The molecule has 2 aromatic rings. The molecule has 2 aromatic carbocycles. The fourth-order valence-electron chi connectivity index (χ4n) is 3.84. The van der Waals surface area contributed by atoms with Crippen LogP contribution in [0.5, 0.6) is 0 Å². The van der Waals surface area contributed by atoms with E-state index in [9.17, 15) is 18.0 Å². The zero-order valence-corrected chi connectivity index (χ0v) is 21.5. The third-order valence-corrected chi connectivity index (χ3v) is 6.89. The molecule has 0 aliphatic rings. The number of carbonyl (C=O) groups excluding carboxylic acids is 2. The molecule has 0 aromatic heterocycles. The molecule has 0 bridgehead atoms. The summed E-state index contributed by atoms with van der Waals surface area (Å²) in [5.41, 5.74) is 2.25. The van der Waals surface area contributed by atoms with E-state index in [1.165, 1.54) is 4.90 Å². The van der Waals surface area contributed by atoms with Crippen LogP contribution >= 0.6 is 0 Å². The molecule has 8 heteroatoms. The van der Waals surface area contributed by atoms with Crippen molar-refractivity contribution < 1.29 is 18.0 Å². The van der Waals surface area contributed by atoms with Crippen LogP contribution in [0.25, 0.3) is 0 Å². The molecule has 0 saturated carbocycles. The molecule has 186 valence electrons. The fraction of sp³-hybridized carbons (Fsp3) is 0.462. The van der Waals surface area contributed by atoms with Crippen molar-refractivity contribution >= 4 is 27.5 Å². The van der Waals surface area contributed by atoms with Gasteiger partial charge in [-0.1, -0.05) is 68.8 Å². The smallest absolute Gasteiger partial charge is 0.244 e. The summed E-state index contributed by atoms with van der Waals surface area (Å²) in [5.74, 6) is -0.610. The molecule has 0 aliphatic heterocycles. The number of carbonyl (C=O) groups is 2. The number of nitrogens with zero attached hydrogens (tertiary/aromatic N) is 2. The molecule has 2 amide bonds. The lowest BCUT2D eigenvalue weighted by atomic mass is 10.1. The topological polar surface area (TPSA) is 86.8 Å². The Morgan fingerprint density at radius 1 is 1.00 bits per heavy atom. The largest absolute Gasteiger partial charge is 0.354 e. The molecule has 2 rings (SSSR count). The van der Waals surface area contributed by atoms with Crippen molar-refractivity contribution in [1.29, 1.82) is 0 Å². The van der Waals surface area contributed by atoms with Gasteiger partial charge in [0.05, 0.1) is 11.9 Å². The van der Waals surface area contributed by atoms with Gasteiger partial charge in [-0.2, -0.15) is 0 Å². The lowest BCUT2D eigenvalue weighted by Crippen LogP contribution is -2.53. The van der Waals surface area contributed by atoms with Gasteiger partial charge in [0.25, 0.3) is 0 Å². The summed E-state index contributed by atoms with van der Waals surface area (Å²) in [5, 5.41) is 2.93. The van der Waals surface area contributed by atoms with Crippen LogP contribution in [-0.4, -0.2) is 57.1 Å². The van der Waals surface area contributed by atoms with Crippen LogP contribution in [0.2, 0.25) is 0 Å². The highest BCUT2D eigenvalue weighted by Gasteiger charge is 2.31. The molecule has 0 saturated heterocycles. The molecule has 7 nitrogen and oxygen atoms in total. The second-order valence-corrected chi connectivity index (χ2v) is 10.4. The van der Waals surface area contributed by atoms with Crippen molar-refractivity contribution in [3.05, 3.63) is 65.7 Å². The zero-order chi connectivity index (χ0) is 25.1. The molecule has 0 spiro atoms. The van der Waals surface area contributed by atoms with Gasteiger partial charge >= 0.3 is 0 Å². The lowest BCUT2D eigenvalue weighted by molar-refractivity contribution is -0.139. The second-order valence-electron chi connectivity index (χ2n) is 8.45. The van der Waals surface area contributed by atoms with E-state index in [0.717, 1.165) is 34.5 Å². The fourth-order valence-corrected chi connectivity index (χ4v) is 4.75. The van der Waals surface area contributed by atoms with Crippen LogP contribution in [0.4, 0.5) is 5.69 Å². The van der Waals surface area contributed by atoms with Crippen LogP contribution in [0.1, 0.15) is 44.2 Å². The molecule has 1 N–H and O–H groups in total. The summed E-state index contributed by atoms with van der Waals surface area (Å²) in [4.78, 5) is 28.1. The number of hydrogen-bond acceptors (Lipinski definition) is 4. The maximum atomic E-state index is 13.6. The normalized spacial score (nSPS) is 12.1. The summed E-state index contributed by atoms with van der Waals surface area (Å²) in [7, 11) is -3.72. The summed E-state index contributed by atoms with van der Waals surface area (Å²) in [6, 6.07) is 16.1. The summed E-state index contributed by atoms with van der Waals surface area (Å²) in [6.45, 7) is 6.21. The first-order valence-electron chi connectivity index (χ1n) is 11.8. The Balaban J connectivity index is 2.33. The minimum Gasteiger partial charge on any atom is -0.354 e. The van der Waals surface area contributed by atoms with E-state index < -0.39 is 22.0 Å². The molecular formula is C26H37N3O4S. The maximum absolute atomic E-state index is 13.6. The zero-order valence-electron chi connectivity index (χ0n) is 20.7. The predicted molar refractivity (Wildman–Crippen MR) is 137 cm³/mol. The van der Waals surface area contributed by atoms with E-state index in [0.29, 0.717) is 31.6 Å². The Hall–Kier alpha value is -2.87. The first kappa shape index (κ1) is 27.4. The Kier molecular flexibility index (Phi) is 10.6. The predicted octanol–water partition coefficient (Wildman–Crippen LogP) is 3.53. The minimum atomic E-state index is -3.72. The number of hydrogen-bond donors (Lipinski definition) is 1. The molecule has 1 atom stereocenters. The molecule has 34 heavy (non-hydrogen) atoms. The quantitative estimate of drug-likeness (QED) is 0.438. The first-order valence-corrected chi connectivity index (χ1v) is 13.7. The number of sulfonamides is 1. The van der Waals surface area contributed by atoms with Gasteiger partial charge in [-0.3, -0.25) is 13.9 Å². The van der Waals surface area contributed by atoms with E-state index >= 15 is 0 Å². The van der Waals surface area contributed by atoms with Gasteiger partial charge in [-0.25, -0.2) is 8.42 Å². The first-order chi connectivity index (χ1) is 16.2. The van der Waals surface area contributed by atoms with E-state index in [1.54, 1.807) is 25.1 Å². The Labute approximate surface area is 204 Å². The molecule has 0 radical (unpaired) electrons. The van der Waals surface area contributed by atoms with Gasteiger partial charge < -0.3 is 10.2 Å². The van der Waals surface area contributed by atoms with Gasteiger partial charge in [0, 0.05) is 13.1 Å². The number of nitrogens with one attached hydrogen (secondary N) is 1. The van der Waals surface area contributed by atoms with Crippen LogP contribution in [-0.2, 0) is 26.0 Å². The van der Waals surface area contributed by atoms with Crippen molar-refractivity contribution in [2.45, 2.75) is 52.5 Å². The van der Waals surface area contributed by atoms with E-state index in [2.05, 4.69) is 5.32 Å². The van der Waals surface area contributed by atoms with Crippen molar-refractivity contribution in [3.8, 4) is 0 Å². The van der Waals surface area contributed by atoms with Gasteiger partial charge in [0.15, 0.2) is 0 Å². The van der Waals surface area contributed by atoms with E-state index in [4.69, 9.17) is 0 Å². The minimum absolute atomic E-state index is 0.209. The highest BCUT2D eigenvalue weighted by atomic mass is 32.2. The van der Waals surface area contributed by atoms with Crippen molar-refractivity contribution in [1.82, 2.24) is 10.2 Å². The molecular weight excluding hydrogens is 450 g/mol. The van der Waals surface area contributed by atoms with Crippen molar-refractivity contribution in [2.75, 3.05) is 30.2 Å². The van der Waals surface area contributed by atoms with Crippen LogP contribution in [0.15, 0.2) is 54.6 Å². The SMILES string of the molecule is CCCCNC(=O)[C@H](CC)N(CCc1ccccc1)C(=O)CN(c1ccccc1C)S(C)(=O)=O. The summed E-state index contributed by atoms with van der Waals surface area (Å²) >= 11 is 0. The van der Waals surface area contributed by atoms with Gasteiger partial charge in [-0.05, 0) is 43.4 Å². The number of aryl methyl sites for hydroxylation is 1. The molecule has 0 unspecified atom stereocenters. The second kappa shape index (κ2) is 13.1. The molecule has 0 heterocycles. The number of benzene rings is 2. The Morgan fingerprint density at radius 2 is 1.65 bits per heavy atom. The van der Waals surface area contributed by atoms with Crippen molar-refractivity contribution in [2.24, 2.45) is 0 Å². The number of unbranched alkanes of at least 4 members (excludes halogenated alkanes) is 1. The third kappa shape index (κ3) is 7.87. The summed E-state index contributed by atoms with van der Waals surface area (Å²) < 4.78 is 26.4. The highest BCUT2D eigenvalue weighted by molar-refractivity contribution is 7.92. The maximum Gasteiger partial charge on any atom is 0.244 e. The number of rotatable bonds is 13. The lowest BCUT2D eigenvalue weighted by Gasteiger charge is -2.33. The molecule has 0 fully saturated rings. The van der Waals surface area contributed by atoms with Gasteiger partial charge in [-0.15, -0.1) is 0 Å². The Bertz CT molecular complexity index is 1040. The highest BCUT2D eigenvalue weighted by Crippen LogP contribution is 2.22. The average molecular weight is 488 g/mol. The summed E-state index contributed by atoms with van der Waals surface area (Å²) in [6.07, 6.45) is 3.90. The van der Waals surface area contributed by atoms with Gasteiger partial charge in [0.1, 0.15) is 12.6 Å². The van der Waals surface area contributed by atoms with E-state index in [1.807, 2.05) is 50.2 Å².